The molecular formula is C80H82BrN13O11. The molecule has 25 heteroatoms. The van der Waals surface area contributed by atoms with Gasteiger partial charge in [-0.2, -0.15) is 0 Å². The molecule has 8 aromatic heterocycles. The minimum absolute atomic E-state index is 0. The number of hydrogen-bond donors (Lipinski definition) is 1. The van der Waals surface area contributed by atoms with Crippen molar-refractivity contribution in [3.05, 3.63) is 261 Å². The molecule has 5 aromatic carbocycles. The Labute approximate surface area is 616 Å². The molecule has 0 fully saturated rings. The molecule has 0 aliphatic carbocycles. The Kier molecular flexibility index (Phi) is 22.3. The number of oxime groups is 2. The van der Waals surface area contributed by atoms with Gasteiger partial charge in [0.05, 0.1) is 64.1 Å². The molecule has 16 rings (SSSR count). The fourth-order valence-corrected chi connectivity index (χ4v) is 12.7. The van der Waals surface area contributed by atoms with Crippen molar-refractivity contribution < 1.29 is 51.4 Å². The molecule has 0 unspecified atom stereocenters. The van der Waals surface area contributed by atoms with Crippen molar-refractivity contribution in [1.29, 1.82) is 0 Å². The SMILES string of the molecule is C.C.COc1ccc(CN2C(c3ccc(-n4cnc(C)c4)c(OC)n3)=NOC[C@@H]2c2cc3cc(C)ccc3o2)cc1.COc1ccc(CN2C(c3ccc(Br)c(OC)n3)=NOC[C@@H]2c2cc3cc(C)ccc3o2)cc1.COc1nc(C2=N[C@@H](c3cc4cc(C)ccc4o3)CON2)ccc1-n1cnc(C)c1. The van der Waals surface area contributed by atoms with Gasteiger partial charge in [0.1, 0.15) is 112 Å². The van der Waals surface area contributed by atoms with Gasteiger partial charge in [-0.15, -0.1) is 0 Å². The summed E-state index contributed by atoms with van der Waals surface area (Å²) >= 11 is 3.47. The second-order valence-electron chi connectivity index (χ2n) is 24.9. The third-order valence-electron chi connectivity index (χ3n) is 17.6. The highest BCUT2D eigenvalue weighted by Crippen LogP contribution is 2.38. The van der Waals surface area contributed by atoms with Crippen LogP contribution >= 0.6 is 15.9 Å². The van der Waals surface area contributed by atoms with E-state index in [1.165, 1.54) is 16.7 Å². The molecule has 11 heterocycles. The van der Waals surface area contributed by atoms with Crippen LogP contribution in [0.2, 0.25) is 0 Å². The third kappa shape index (κ3) is 16.0. The summed E-state index contributed by atoms with van der Waals surface area (Å²) in [6.07, 6.45) is 7.31. The molecule has 3 aliphatic rings. The lowest BCUT2D eigenvalue weighted by atomic mass is 10.1. The predicted octanol–water partition coefficient (Wildman–Crippen LogP) is 16.4. The average Bonchev–Trinajstić information content (AvgIpc) is 1.76. The molecule has 540 valence electrons. The van der Waals surface area contributed by atoms with Gasteiger partial charge in [0, 0.05) is 41.6 Å². The number of benzene rings is 5. The highest BCUT2D eigenvalue weighted by Gasteiger charge is 2.36. The lowest BCUT2D eigenvalue weighted by Gasteiger charge is -2.35. The maximum Gasteiger partial charge on any atom is 0.238 e. The number of methoxy groups -OCH3 is 5. The molecule has 13 aromatic rings. The quantitative estimate of drug-likeness (QED) is 0.0890. The zero-order chi connectivity index (χ0) is 71.3. The number of furan rings is 3. The van der Waals surface area contributed by atoms with E-state index >= 15 is 0 Å². The van der Waals surface area contributed by atoms with Crippen LogP contribution in [-0.4, -0.2) is 117 Å². The molecular weight excluding hydrogens is 1400 g/mol. The number of aromatic nitrogens is 7. The Morgan fingerprint density at radius 1 is 0.457 bits per heavy atom. The Hall–Kier alpha value is -12.0. The van der Waals surface area contributed by atoms with Crippen LogP contribution in [0.25, 0.3) is 44.3 Å². The maximum atomic E-state index is 6.32. The second-order valence-corrected chi connectivity index (χ2v) is 25.7. The van der Waals surface area contributed by atoms with E-state index in [9.17, 15) is 0 Å². The maximum absolute atomic E-state index is 6.32. The molecule has 0 saturated carbocycles. The first-order chi connectivity index (χ1) is 50.2. The number of imidazole rings is 2. The molecule has 0 spiro atoms. The number of rotatable bonds is 17. The summed E-state index contributed by atoms with van der Waals surface area (Å²) in [6.45, 7) is 12.3. The Morgan fingerprint density at radius 3 is 1.31 bits per heavy atom. The van der Waals surface area contributed by atoms with E-state index < -0.39 is 0 Å². The molecule has 0 amide bonds. The van der Waals surface area contributed by atoms with Crippen LogP contribution in [0.5, 0.6) is 29.1 Å². The number of nitrogens with one attached hydrogen (secondary N) is 1. The normalized spacial score (nSPS) is 15.4. The molecule has 24 nitrogen and oxygen atoms in total. The van der Waals surface area contributed by atoms with Gasteiger partial charge in [-0.3, -0.25) is 9.83 Å². The number of hydrogen-bond acceptors (Lipinski definition) is 22. The molecule has 0 bridgehead atoms. The van der Waals surface area contributed by atoms with Crippen molar-refractivity contribution in [2.24, 2.45) is 15.3 Å². The van der Waals surface area contributed by atoms with Crippen LogP contribution in [0, 0.1) is 34.6 Å². The van der Waals surface area contributed by atoms with Gasteiger partial charge in [0.2, 0.25) is 17.6 Å². The minimum atomic E-state index is -0.266. The van der Waals surface area contributed by atoms with E-state index in [2.05, 4.69) is 119 Å². The zero-order valence-corrected chi connectivity index (χ0v) is 59.9. The van der Waals surface area contributed by atoms with Crippen molar-refractivity contribution in [3.63, 3.8) is 0 Å². The first kappa shape index (κ1) is 72.8. The van der Waals surface area contributed by atoms with Crippen molar-refractivity contribution >= 4 is 66.3 Å². The summed E-state index contributed by atoms with van der Waals surface area (Å²) in [5.41, 5.74) is 16.4. The van der Waals surface area contributed by atoms with Crippen molar-refractivity contribution in [2.75, 3.05) is 55.4 Å². The van der Waals surface area contributed by atoms with E-state index in [1.54, 1.807) is 48.2 Å². The highest BCUT2D eigenvalue weighted by molar-refractivity contribution is 9.10. The van der Waals surface area contributed by atoms with Gasteiger partial charge >= 0.3 is 0 Å². The van der Waals surface area contributed by atoms with E-state index in [0.717, 1.165) is 100 Å². The van der Waals surface area contributed by atoms with Crippen molar-refractivity contribution in [2.45, 2.75) is 80.7 Å². The zero-order valence-electron chi connectivity index (χ0n) is 58.3. The Morgan fingerprint density at radius 2 is 0.876 bits per heavy atom. The average molecular weight is 1480 g/mol. The fraction of sp³-hybridized carbons (Fsp3) is 0.250. The van der Waals surface area contributed by atoms with E-state index in [4.69, 9.17) is 61.4 Å². The topological polar surface area (TPSA) is 243 Å². The van der Waals surface area contributed by atoms with Crippen LogP contribution in [0.1, 0.15) is 107 Å². The first-order valence-electron chi connectivity index (χ1n) is 33.2. The number of halogens is 1. The fourth-order valence-electron chi connectivity index (χ4n) is 12.3. The summed E-state index contributed by atoms with van der Waals surface area (Å²) in [7, 11) is 8.10. The van der Waals surface area contributed by atoms with Crippen LogP contribution in [-0.2, 0) is 27.6 Å². The molecule has 1 N–H and O–H groups in total. The number of fused-ring (bicyclic) bond motifs is 3. The van der Waals surface area contributed by atoms with Gasteiger partial charge < -0.3 is 65.5 Å². The number of amidine groups is 3. The lowest BCUT2D eigenvalue weighted by Crippen LogP contribution is -2.40. The lowest BCUT2D eigenvalue weighted by molar-refractivity contribution is 0.0500. The summed E-state index contributed by atoms with van der Waals surface area (Å²) in [4.78, 5) is 48.8. The van der Waals surface area contributed by atoms with E-state index in [-0.39, 0.29) is 33.0 Å². The van der Waals surface area contributed by atoms with E-state index in [1.807, 2.05) is 157 Å². The molecule has 3 atom stereocenters. The standard InChI is InChI=1S/C30H29N5O4.C26H24BrN3O4.C22H21N5O3.2CH4/c1-19-5-12-27-22(13-19)14-28(39-27)26-17-38-33-29(35(26)16-21-6-8-23(36-3)9-7-21)24-10-11-25(30(32-24)37-4)34-15-20(2)31-18-34;1-16-4-11-23-18(12-16)13-24(34-23)22-15-33-29-25(21-10-9-20(27)26(28-21)32-3)30(22)14-17-5-7-19(31-2)8-6-17;1-13-4-7-19-15(8-13)9-20(30-19)17-11-29-26-21(24-17)16-5-6-18(22(25-16)28-3)27-10-14(2)23-12-27;;/h5-15,18,26H,16-17H2,1-4H3;4-13,22H,14-15H2,1-3H3;4-10,12,17H,11H2,1-3H3,(H,24,26);2*1H4/t26-;22-;17-;;/m111../s1. The summed E-state index contributed by atoms with van der Waals surface area (Å²) < 4.78 is 50.4. The smallest absolute Gasteiger partial charge is 0.238 e. The number of hydroxylamine groups is 1. The summed E-state index contributed by atoms with van der Waals surface area (Å²) in [5, 5.41) is 12.0. The third-order valence-corrected chi connectivity index (χ3v) is 18.2. The first-order valence-corrected chi connectivity index (χ1v) is 34.0. The van der Waals surface area contributed by atoms with Gasteiger partial charge in [0.25, 0.3) is 0 Å². The van der Waals surface area contributed by atoms with Crippen LogP contribution < -0.4 is 29.2 Å². The largest absolute Gasteiger partial charge is 0.497 e. The Balaban J connectivity index is 0.000000148. The number of ether oxygens (including phenoxy) is 5. The number of aryl methyl sites for hydroxylation is 5. The highest BCUT2D eigenvalue weighted by atomic mass is 79.9. The molecule has 105 heavy (non-hydrogen) atoms. The minimum Gasteiger partial charge on any atom is -0.497 e. The van der Waals surface area contributed by atoms with Crippen LogP contribution in [0.3, 0.4) is 0 Å². The molecule has 3 aliphatic heterocycles. The van der Waals surface area contributed by atoms with Gasteiger partial charge in [-0.1, -0.05) is 84.3 Å². The van der Waals surface area contributed by atoms with Gasteiger partial charge in [-0.05, 0) is 177 Å². The van der Waals surface area contributed by atoms with Crippen LogP contribution in [0.4, 0.5) is 0 Å². The molecule has 0 radical (unpaired) electrons. The summed E-state index contributed by atoms with van der Waals surface area (Å²) in [5.74, 6) is 7.10. The number of pyridine rings is 3. The van der Waals surface area contributed by atoms with Crippen LogP contribution in [0.15, 0.2) is 216 Å². The number of nitrogens with zero attached hydrogens (tertiary/aromatic N) is 12. The monoisotopic (exact) mass is 1480 g/mol. The van der Waals surface area contributed by atoms with Crippen molar-refractivity contribution in [3.8, 4) is 40.5 Å². The summed E-state index contributed by atoms with van der Waals surface area (Å²) in [6, 6.07) is 51.4. The second kappa shape index (κ2) is 32.1. The van der Waals surface area contributed by atoms with Gasteiger partial charge in [-0.25, -0.2) is 30.4 Å². The molecule has 0 saturated heterocycles. The van der Waals surface area contributed by atoms with Crippen molar-refractivity contribution in [1.82, 2.24) is 49.3 Å². The van der Waals surface area contributed by atoms with Gasteiger partial charge in [0.15, 0.2) is 17.5 Å². The van der Waals surface area contributed by atoms with E-state index in [0.29, 0.717) is 85.1 Å². The predicted molar refractivity (Wildman–Crippen MR) is 406 cm³/mol. The number of aliphatic imine (C=N–C) groups is 1. The Bertz CT molecular complexity index is 5290.